The standard InChI is InChI=1S/C14H17NO7/c1-3-21-13(19)10-7(6-9(15)17)5-8(16)11(12(10)18)14(20)22-4-2/h5,16,18H,3-4,6H2,1-2H3,(H2,15,17). The number of primary amides is 1. The van der Waals surface area contributed by atoms with E-state index >= 15 is 0 Å². The van der Waals surface area contributed by atoms with Crippen LogP contribution in [0.25, 0.3) is 0 Å². The molecule has 8 heteroatoms. The van der Waals surface area contributed by atoms with Crippen LogP contribution in [-0.2, 0) is 20.7 Å². The van der Waals surface area contributed by atoms with Crippen molar-refractivity contribution in [2.45, 2.75) is 20.3 Å². The molecule has 0 heterocycles. The first-order valence-electron chi connectivity index (χ1n) is 6.53. The van der Waals surface area contributed by atoms with Gasteiger partial charge in [-0.25, -0.2) is 9.59 Å². The van der Waals surface area contributed by atoms with Crippen LogP contribution < -0.4 is 5.73 Å². The molecule has 0 saturated heterocycles. The average Bonchev–Trinajstić information content (AvgIpc) is 2.37. The van der Waals surface area contributed by atoms with Gasteiger partial charge in [-0.3, -0.25) is 4.79 Å². The zero-order chi connectivity index (χ0) is 16.9. The van der Waals surface area contributed by atoms with Crippen LogP contribution in [0.3, 0.4) is 0 Å². The zero-order valence-electron chi connectivity index (χ0n) is 12.2. The highest BCUT2D eigenvalue weighted by Gasteiger charge is 2.28. The number of hydrogen-bond donors (Lipinski definition) is 3. The van der Waals surface area contributed by atoms with Crippen molar-refractivity contribution in [3.63, 3.8) is 0 Å². The minimum Gasteiger partial charge on any atom is -0.507 e. The summed E-state index contributed by atoms with van der Waals surface area (Å²) >= 11 is 0. The van der Waals surface area contributed by atoms with Crippen LogP contribution in [0.5, 0.6) is 11.5 Å². The number of rotatable bonds is 6. The maximum atomic E-state index is 11.9. The second-order valence-electron chi connectivity index (χ2n) is 4.24. The van der Waals surface area contributed by atoms with Gasteiger partial charge in [0, 0.05) is 0 Å². The van der Waals surface area contributed by atoms with Gasteiger partial charge in [-0.1, -0.05) is 0 Å². The summed E-state index contributed by atoms with van der Waals surface area (Å²) in [7, 11) is 0. The molecule has 0 aromatic heterocycles. The van der Waals surface area contributed by atoms with E-state index in [-0.39, 0.29) is 18.8 Å². The van der Waals surface area contributed by atoms with Crippen LogP contribution in [0.2, 0.25) is 0 Å². The van der Waals surface area contributed by atoms with Gasteiger partial charge >= 0.3 is 11.9 Å². The molecule has 1 amide bonds. The van der Waals surface area contributed by atoms with Gasteiger partial charge < -0.3 is 25.4 Å². The molecule has 1 rings (SSSR count). The summed E-state index contributed by atoms with van der Waals surface area (Å²) in [5.74, 6) is -4.17. The van der Waals surface area contributed by atoms with Crippen LogP contribution >= 0.6 is 0 Å². The first-order chi connectivity index (χ1) is 10.3. The number of benzene rings is 1. The molecular formula is C14H17NO7. The number of nitrogens with two attached hydrogens (primary N) is 1. The van der Waals surface area contributed by atoms with Gasteiger partial charge in [-0.15, -0.1) is 0 Å². The average molecular weight is 311 g/mol. The van der Waals surface area contributed by atoms with Crippen molar-refractivity contribution in [3.05, 3.63) is 22.8 Å². The minimum atomic E-state index is -1.01. The number of esters is 2. The Balaban J connectivity index is 3.52. The Kier molecular flexibility index (Phi) is 5.73. The quantitative estimate of drug-likeness (QED) is 0.650. The molecule has 22 heavy (non-hydrogen) atoms. The molecule has 1 aromatic rings. The molecule has 0 aliphatic carbocycles. The lowest BCUT2D eigenvalue weighted by atomic mass is 9.98. The Morgan fingerprint density at radius 1 is 1.05 bits per heavy atom. The summed E-state index contributed by atoms with van der Waals surface area (Å²) < 4.78 is 9.48. The van der Waals surface area contributed by atoms with Gasteiger partial charge in [-0.2, -0.15) is 0 Å². The molecule has 0 bridgehead atoms. The van der Waals surface area contributed by atoms with Crippen molar-refractivity contribution in [1.82, 2.24) is 0 Å². The van der Waals surface area contributed by atoms with Crippen molar-refractivity contribution in [2.75, 3.05) is 13.2 Å². The van der Waals surface area contributed by atoms with Crippen molar-refractivity contribution in [2.24, 2.45) is 5.73 Å². The van der Waals surface area contributed by atoms with Crippen LogP contribution in [0, 0.1) is 0 Å². The molecule has 0 saturated carbocycles. The molecule has 8 nitrogen and oxygen atoms in total. The lowest BCUT2D eigenvalue weighted by Gasteiger charge is -2.14. The van der Waals surface area contributed by atoms with Gasteiger partial charge in [0.05, 0.1) is 19.6 Å². The fourth-order valence-electron chi connectivity index (χ4n) is 1.87. The van der Waals surface area contributed by atoms with E-state index in [1.807, 2.05) is 0 Å². The number of phenols is 2. The summed E-state index contributed by atoms with van der Waals surface area (Å²) in [5, 5.41) is 20.0. The van der Waals surface area contributed by atoms with Gasteiger partial charge in [0.2, 0.25) is 5.91 Å². The van der Waals surface area contributed by atoms with Gasteiger partial charge in [0.1, 0.15) is 22.6 Å². The second kappa shape index (κ2) is 7.30. The number of hydrogen-bond acceptors (Lipinski definition) is 7. The van der Waals surface area contributed by atoms with E-state index < -0.39 is 46.9 Å². The molecule has 4 N–H and O–H groups in total. The lowest BCUT2D eigenvalue weighted by molar-refractivity contribution is -0.117. The van der Waals surface area contributed by atoms with Gasteiger partial charge in [-0.05, 0) is 25.5 Å². The minimum absolute atomic E-state index is 0.00942. The Labute approximate surface area is 126 Å². The van der Waals surface area contributed by atoms with Gasteiger partial charge in [0.15, 0.2) is 0 Å². The fraction of sp³-hybridized carbons (Fsp3) is 0.357. The highest BCUT2D eigenvalue weighted by Crippen LogP contribution is 2.35. The second-order valence-corrected chi connectivity index (χ2v) is 4.24. The third kappa shape index (κ3) is 3.66. The summed E-state index contributed by atoms with van der Waals surface area (Å²) in [6.45, 7) is 3.12. The first kappa shape index (κ1) is 17.3. The Bertz CT molecular complexity index is 610. The SMILES string of the molecule is CCOC(=O)c1c(O)cc(CC(N)=O)c(C(=O)OCC)c1O. The van der Waals surface area contributed by atoms with Crippen molar-refractivity contribution >= 4 is 17.8 Å². The number of carbonyl (C=O) groups excluding carboxylic acids is 3. The zero-order valence-corrected chi connectivity index (χ0v) is 12.2. The van der Waals surface area contributed by atoms with Crippen LogP contribution in [0.1, 0.15) is 40.1 Å². The van der Waals surface area contributed by atoms with Crippen LogP contribution in [0.4, 0.5) is 0 Å². The lowest BCUT2D eigenvalue weighted by Crippen LogP contribution is -2.18. The predicted octanol–water partition coefficient (Wildman–Crippen LogP) is 0.479. The van der Waals surface area contributed by atoms with E-state index in [0.717, 1.165) is 6.07 Å². The van der Waals surface area contributed by atoms with Crippen LogP contribution in [0.15, 0.2) is 6.07 Å². The normalized spacial score (nSPS) is 10.1. The van der Waals surface area contributed by atoms with Gasteiger partial charge in [0.25, 0.3) is 0 Å². The number of phenolic OH excluding ortho intramolecular Hbond substituents is 2. The molecule has 0 radical (unpaired) electrons. The largest absolute Gasteiger partial charge is 0.507 e. The molecule has 0 atom stereocenters. The smallest absolute Gasteiger partial charge is 0.345 e. The molecule has 1 aromatic carbocycles. The Hall–Kier alpha value is -2.77. The summed E-state index contributed by atoms with van der Waals surface area (Å²) in [6.07, 6.45) is -0.418. The number of carbonyl (C=O) groups is 3. The maximum Gasteiger partial charge on any atom is 0.345 e. The molecule has 0 spiro atoms. The van der Waals surface area contributed by atoms with E-state index in [0.29, 0.717) is 0 Å². The topological polar surface area (TPSA) is 136 Å². The maximum absolute atomic E-state index is 11.9. The molecule has 0 aliphatic heterocycles. The van der Waals surface area contributed by atoms with Crippen LogP contribution in [-0.4, -0.2) is 41.3 Å². The highest BCUT2D eigenvalue weighted by molar-refractivity contribution is 6.03. The monoisotopic (exact) mass is 311 g/mol. The Morgan fingerprint density at radius 3 is 2.00 bits per heavy atom. The van der Waals surface area contributed by atoms with Crippen molar-refractivity contribution < 1.29 is 34.1 Å². The Morgan fingerprint density at radius 2 is 1.55 bits per heavy atom. The van der Waals surface area contributed by atoms with E-state index in [2.05, 4.69) is 0 Å². The first-order valence-corrected chi connectivity index (χ1v) is 6.53. The summed E-state index contributed by atoms with van der Waals surface area (Å²) in [4.78, 5) is 34.8. The van der Waals surface area contributed by atoms with E-state index in [4.69, 9.17) is 15.2 Å². The molecule has 0 fully saturated rings. The summed E-state index contributed by atoms with van der Waals surface area (Å²) in [6, 6.07) is 1.00. The number of aromatic hydroxyl groups is 2. The summed E-state index contributed by atoms with van der Waals surface area (Å²) in [5.41, 5.74) is 4.05. The van der Waals surface area contributed by atoms with Crippen molar-refractivity contribution in [1.29, 1.82) is 0 Å². The molecule has 120 valence electrons. The predicted molar refractivity (Wildman–Crippen MR) is 74.6 cm³/mol. The molecular weight excluding hydrogens is 294 g/mol. The highest BCUT2D eigenvalue weighted by atomic mass is 16.5. The number of ether oxygens (including phenoxy) is 2. The fourth-order valence-corrected chi connectivity index (χ4v) is 1.87. The third-order valence-corrected chi connectivity index (χ3v) is 2.69. The van der Waals surface area contributed by atoms with Crippen molar-refractivity contribution in [3.8, 4) is 11.5 Å². The third-order valence-electron chi connectivity index (χ3n) is 2.69. The molecule has 0 aliphatic rings. The van der Waals surface area contributed by atoms with E-state index in [1.54, 1.807) is 13.8 Å². The van der Waals surface area contributed by atoms with E-state index in [9.17, 15) is 24.6 Å². The molecule has 0 unspecified atom stereocenters. The van der Waals surface area contributed by atoms with E-state index in [1.165, 1.54) is 0 Å². The number of amides is 1.